The van der Waals surface area contributed by atoms with Gasteiger partial charge in [0.25, 0.3) is 0 Å². The summed E-state index contributed by atoms with van der Waals surface area (Å²) in [6.45, 7) is 1.45. The van der Waals surface area contributed by atoms with Gasteiger partial charge >= 0.3 is 0 Å². The molecule has 1 N–H and O–H groups in total. The Balaban J connectivity index is 2.72. The summed E-state index contributed by atoms with van der Waals surface area (Å²) in [6, 6.07) is -1.52. The highest BCUT2D eigenvalue weighted by atomic mass is 16.5. The maximum absolute atomic E-state index is 10.4. The summed E-state index contributed by atoms with van der Waals surface area (Å²) in [5.41, 5.74) is 0. The number of hydrogen-bond donors (Lipinski definition) is 1. The van der Waals surface area contributed by atoms with Gasteiger partial charge in [-0.3, -0.25) is 0 Å². The molecule has 13 heavy (non-hydrogen) atoms. The Morgan fingerprint density at radius 1 is 1.46 bits per heavy atom. The van der Waals surface area contributed by atoms with Crippen molar-refractivity contribution in [2.45, 2.75) is 37.6 Å². The highest BCUT2D eigenvalue weighted by Gasteiger charge is 2.39. The molecule has 0 aromatic carbocycles. The minimum atomic E-state index is -0.848. The van der Waals surface area contributed by atoms with Gasteiger partial charge in [-0.05, 0) is 6.92 Å². The van der Waals surface area contributed by atoms with Crippen LogP contribution in [0.5, 0.6) is 0 Å². The topological polar surface area (TPSA) is 88.3 Å². The van der Waals surface area contributed by atoms with Crippen LogP contribution < -0.4 is 0 Å². The zero-order valence-electron chi connectivity index (χ0n) is 7.29. The van der Waals surface area contributed by atoms with Crippen LogP contribution in [0.2, 0.25) is 0 Å². The van der Waals surface area contributed by atoms with Crippen molar-refractivity contribution in [1.29, 1.82) is 0 Å². The van der Waals surface area contributed by atoms with Gasteiger partial charge in [-0.2, -0.15) is 9.81 Å². The minimum Gasteiger partial charge on any atom is -0.394 e. The molecule has 6 nitrogen and oxygen atoms in total. The molecule has 0 saturated carbocycles. The number of nitrogens with zero attached hydrogens (tertiary/aromatic N) is 2. The molecule has 1 fully saturated rings. The monoisotopic (exact) mass is 188 g/mol. The summed E-state index contributed by atoms with van der Waals surface area (Å²) in [6.07, 6.45) is -0.474. The van der Waals surface area contributed by atoms with Gasteiger partial charge in [-0.25, -0.2) is 0 Å². The fourth-order valence-electron chi connectivity index (χ4n) is 1.56. The van der Waals surface area contributed by atoms with Gasteiger partial charge in [0, 0.05) is 6.42 Å². The minimum absolute atomic E-state index is 0.169. The lowest BCUT2D eigenvalue weighted by Gasteiger charge is -2.32. The maximum Gasteiger partial charge on any atom is 0.146 e. The maximum atomic E-state index is 10.4. The summed E-state index contributed by atoms with van der Waals surface area (Å²) in [7, 11) is 0. The largest absolute Gasteiger partial charge is 0.394 e. The molecule has 74 valence electrons. The number of aliphatic hydroxyl groups is 1. The second-order valence-electron chi connectivity index (χ2n) is 3.17. The standard InChI is InChI=1S/C7H12N2O4/c1-4-2-5(8-11)7(9-12)6(3-10)13-4/h4-7,10H,2-3H2,1H3. The fourth-order valence-corrected chi connectivity index (χ4v) is 1.56. The third kappa shape index (κ3) is 2.07. The Labute approximate surface area is 75.2 Å². The number of rotatable bonds is 3. The van der Waals surface area contributed by atoms with Crippen molar-refractivity contribution in [3.8, 4) is 0 Å². The molecule has 1 aliphatic rings. The first kappa shape index (κ1) is 10.2. The second-order valence-corrected chi connectivity index (χ2v) is 3.17. The Hall–Kier alpha value is -0.880. The molecule has 4 atom stereocenters. The summed E-state index contributed by atoms with van der Waals surface area (Å²) in [5.74, 6) is 0. The van der Waals surface area contributed by atoms with Crippen molar-refractivity contribution >= 4 is 0 Å². The van der Waals surface area contributed by atoms with E-state index in [-0.39, 0.29) is 12.7 Å². The summed E-state index contributed by atoms with van der Waals surface area (Å²) < 4.78 is 5.23. The molecular weight excluding hydrogens is 176 g/mol. The van der Waals surface area contributed by atoms with Crippen LogP contribution in [0.15, 0.2) is 10.4 Å². The van der Waals surface area contributed by atoms with Crippen molar-refractivity contribution < 1.29 is 9.84 Å². The number of ether oxygens (including phenoxy) is 1. The van der Waals surface area contributed by atoms with E-state index in [0.29, 0.717) is 6.42 Å². The zero-order valence-corrected chi connectivity index (χ0v) is 7.29. The first-order valence-corrected chi connectivity index (χ1v) is 4.14. The van der Waals surface area contributed by atoms with Crippen LogP contribution in [0.1, 0.15) is 13.3 Å². The Bertz CT molecular complexity index is 199. The van der Waals surface area contributed by atoms with Gasteiger partial charge in [0.15, 0.2) is 0 Å². The quantitative estimate of drug-likeness (QED) is 0.650. The fraction of sp³-hybridized carbons (Fsp3) is 1.00. The SMILES string of the molecule is CC1CC(N=O)C(N=O)C(CO)O1. The molecule has 0 radical (unpaired) electrons. The van der Waals surface area contributed by atoms with E-state index in [4.69, 9.17) is 9.84 Å². The van der Waals surface area contributed by atoms with Gasteiger partial charge in [0.1, 0.15) is 18.2 Å². The van der Waals surface area contributed by atoms with Crippen molar-refractivity contribution in [3.63, 3.8) is 0 Å². The molecule has 4 unspecified atom stereocenters. The molecule has 0 aromatic rings. The highest BCUT2D eigenvalue weighted by Crippen LogP contribution is 2.24. The molecule has 0 bridgehead atoms. The van der Waals surface area contributed by atoms with E-state index in [1.54, 1.807) is 6.92 Å². The van der Waals surface area contributed by atoms with Crippen molar-refractivity contribution in [1.82, 2.24) is 0 Å². The van der Waals surface area contributed by atoms with Crippen molar-refractivity contribution in [2.75, 3.05) is 6.61 Å². The summed E-state index contributed by atoms with van der Waals surface area (Å²) >= 11 is 0. The van der Waals surface area contributed by atoms with E-state index in [1.807, 2.05) is 0 Å². The van der Waals surface area contributed by atoms with Gasteiger partial charge in [-0.1, -0.05) is 10.4 Å². The second kappa shape index (κ2) is 4.38. The van der Waals surface area contributed by atoms with E-state index in [9.17, 15) is 9.81 Å². The number of aliphatic hydroxyl groups excluding tert-OH is 1. The zero-order chi connectivity index (χ0) is 9.84. The van der Waals surface area contributed by atoms with Gasteiger partial charge < -0.3 is 9.84 Å². The first-order valence-electron chi connectivity index (χ1n) is 4.14. The van der Waals surface area contributed by atoms with Crippen LogP contribution in [-0.4, -0.2) is 36.0 Å². The van der Waals surface area contributed by atoms with Crippen LogP contribution in [0.4, 0.5) is 0 Å². The van der Waals surface area contributed by atoms with Crippen LogP contribution in [-0.2, 0) is 4.74 Å². The Kier molecular flexibility index (Phi) is 3.44. The van der Waals surface area contributed by atoms with E-state index < -0.39 is 18.2 Å². The van der Waals surface area contributed by atoms with Gasteiger partial charge in [0.05, 0.1) is 12.7 Å². The molecular formula is C7H12N2O4. The third-order valence-corrected chi connectivity index (χ3v) is 2.19. The third-order valence-electron chi connectivity index (χ3n) is 2.19. The van der Waals surface area contributed by atoms with Crippen molar-refractivity contribution in [2.24, 2.45) is 10.4 Å². The van der Waals surface area contributed by atoms with Crippen LogP contribution in [0.3, 0.4) is 0 Å². The summed E-state index contributed by atoms with van der Waals surface area (Å²) in [4.78, 5) is 20.7. The molecule has 0 aromatic heterocycles. The van der Waals surface area contributed by atoms with Crippen LogP contribution >= 0.6 is 0 Å². The van der Waals surface area contributed by atoms with E-state index in [1.165, 1.54) is 0 Å². The normalized spacial score (nSPS) is 39.8. The molecule has 6 heteroatoms. The number of hydrogen-bond acceptors (Lipinski definition) is 6. The molecule has 1 saturated heterocycles. The van der Waals surface area contributed by atoms with E-state index in [0.717, 1.165) is 0 Å². The first-order chi connectivity index (χ1) is 6.22. The lowest BCUT2D eigenvalue weighted by atomic mass is 9.95. The van der Waals surface area contributed by atoms with Crippen LogP contribution in [0.25, 0.3) is 0 Å². The molecule has 0 amide bonds. The average Bonchev–Trinajstić information content (AvgIpc) is 2.16. The Morgan fingerprint density at radius 3 is 2.62 bits per heavy atom. The summed E-state index contributed by atoms with van der Waals surface area (Å²) in [5, 5.41) is 14.4. The predicted molar refractivity (Wildman–Crippen MR) is 45.2 cm³/mol. The Morgan fingerprint density at radius 2 is 2.15 bits per heavy atom. The predicted octanol–water partition coefficient (Wildman–Crippen LogP) is 0.426. The van der Waals surface area contributed by atoms with E-state index >= 15 is 0 Å². The highest BCUT2D eigenvalue weighted by molar-refractivity contribution is 4.93. The molecule has 0 spiro atoms. The average molecular weight is 188 g/mol. The smallest absolute Gasteiger partial charge is 0.146 e. The van der Waals surface area contributed by atoms with Crippen LogP contribution in [0, 0.1) is 9.81 Å². The lowest BCUT2D eigenvalue weighted by molar-refractivity contribution is -0.0803. The van der Waals surface area contributed by atoms with Gasteiger partial charge in [-0.15, -0.1) is 0 Å². The molecule has 0 aliphatic carbocycles. The molecule has 1 rings (SSSR count). The van der Waals surface area contributed by atoms with Gasteiger partial charge in [0.2, 0.25) is 0 Å². The van der Waals surface area contributed by atoms with Crippen molar-refractivity contribution in [3.05, 3.63) is 9.81 Å². The lowest BCUT2D eigenvalue weighted by Crippen LogP contribution is -2.47. The molecule has 1 aliphatic heterocycles. The van der Waals surface area contributed by atoms with E-state index in [2.05, 4.69) is 10.4 Å². The number of nitroso groups, excluding NO2 is 2. The molecule has 1 heterocycles.